The Bertz CT molecular complexity index is 1480. The van der Waals surface area contributed by atoms with Gasteiger partial charge in [-0.15, -0.1) is 0 Å². The normalized spacial score (nSPS) is 20.5. The van der Waals surface area contributed by atoms with Gasteiger partial charge in [-0.3, -0.25) is 14.4 Å². The number of rotatable bonds is 10. The number of ether oxygens (including phenoxy) is 3. The third-order valence-electron chi connectivity index (χ3n) is 8.29. The van der Waals surface area contributed by atoms with Crippen LogP contribution in [0.25, 0.3) is 0 Å². The standard InChI is InChI=1S/C33H35N3O8/c1-21(36(32(39)29-14-16-43-34-29)26-10-6-23(7-11-26)22-4-5-22)19-41-27-12-8-24(9-13-27)33(40)44-28-3-2-15-35(18-28)31(38)25-17-30(37)42-20-25/h6-14,16,21-22,25,28H,2-5,15,17-20H2,1H3/t21?,25-,28+/m1/s1. The van der Waals surface area contributed by atoms with Crippen LogP contribution < -0.4 is 9.64 Å². The molecule has 44 heavy (non-hydrogen) atoms. The maximum absolute atomic E-state index is 13.4. The molecule has 0 N–H and O–H groups in total. The van der Waals surface area contributed by atoms with E-state index in [1.807, 2.05) is 19.1 Å². The molecule has 6 rings (SSSR count). The summed E-state index contributed by atoms with van der Waals surface area (Å²) in [5.41, 5.74) is 2.59. The number of carbonyl (C=O) groups is 4. The molecule has 2 saturated heterocycles. The van der Waals surface area contributed by atoms with Crippen LogP contribution in [0.2, 0.25) is 0 Å². The second-order valence-corrected chi connectivity index (χ2v) is 11.6. The van der Waals surface area contributed by atoms with Crippen LogP contribution in [0.3, 0.4) is 0 Å². The van der Waals surface area contributed by atoms with Crippen molar-refractivity contribution in [2.24, 2.45) is 5.92 Å². The zero-order chi connectivity index (χ0) is 30.6. The molecule has 230 valence electrons. The summed E-state index contributed by atoms with van der Waals surface area (Å²) in [5.74, 6) is -0.592. The summed E-state index contributed by atoms with van der Waals surface area (Å²) in [7, 11) is 0. The van der Waals surface area contributed by atoms with Gasteiger partial charge in [0.2, 0.25) is 5.91 Å². The van der Waals surface area contributed by atoms with Gasteiger partial charge in [0.1, 0.15) is 31.3 Å². The summed E-state index contributed by atoms with van der Waals surface area (Å²) in [6, 6.07) is 15.9. The van der Waals surface area contributed by atoms with Crippen LogP contribution in [0.1, 0.15) is 71.4 Å². The first-order valence-electron chi connectivity index (χ1n) is 15.1. The number of nitrogens with zero attached hydrogens (tertiary/aromatic N) is 3. The van der Waals surface area contributed by atoms with Crippen molar-refractivity contribution >= 4 is 29.4 Å². The summed E-state index contributed by atoms with van der Waals surface area (Å²) in [5, 5.41) is 3.83. The van der Waals surface area contributed by atoms with E-state index in [1.54, 1.807) is 34.1 Å². The topological polar surface area (TPSA) is 128 Å². The van der Waals surface area contributed by atoms with Gasteiger partial charge in [-0.05, 0) is 80.5 Å². The van der Waals surface area contributed by atoms with Crippen molar-refractivity contribution in [3.63, 3.8) is 0 Å². The largest absolute Gasteiger partial charge is 0.491 e. The fourth-order valence-electron chi connectivity index (χ4n) is 5.70. The molecule has 3 atom stereocenters. The minimum atomic E-state index is -0.484. The average Bonchev–Trinajstić information content (AvgIpc) is 3.55. The number of cyclic esters (lactones) is 1. The first-order chi connectivity index (χ1) is 21.4. The lowest BCUT2D eigenvalue weighted by Crippen LogP contribution is -2.46. The molecule has 3 fully saturated rings. The molecule has 0 bridgehead atoms. The summed E-state index contributed by atoms with van der Waals surface area (Å²) in [6.07, 6.45) is 4.79. The molecule has 2 amide bonds. The predicted octanol–water partition coefficient (Wildman–Crippen LogP) is 4.38. The number of esters is 2. The molecule has 3 aliphatic rings. The fourth-order valence-corrected chi connectivity index (χ4v) is 5.70. The molecule has 11 nitrogen and oxygen atoms in total. The van der Waals surface area contributed by atoms with Crippen LogP contribution in [0, 0.1) is 5.92 Å². The Labute approximate surface area is 255 Å². The van der Waals surface area contributed by atoms with Crippen molar-refractivity contribution in [1.29, 1.82) is 0 Å². The number of piperidine rings is 1. The van der Waals surface area contributed by atoms with E-state index in [4.69, 9.17) is 18.7 Å². The van der Waals surface area contributed by atoms with Gasteiger partial charge in [0.15, 0.2) is 5.69 Å². The molecular formula is C33H35N3O8. The Morgan fingerprint density at radius 1 is 1.05 bits per heavy atom. The zero-order valence-electron chi connectivity index (χ0n) is 24.6. The first-order valence-corrected chi connectivity index (χ1v) is 15.1. The van der Waals surface area contributed by atoms with Crippen LogP contribution in [-0.4, -0.2) is 72.3 Å². The van der Waals surface area contributed by atoms with Gasteiger partial charge in [0.05, 0.1) is 30.5 Å². The fraction of sp³-hybridized carbons (Fsp3) is 0.424. The second-order valence-electron chi connectivity index (χ2n) is 11.6. The SMILES string of the molecule is CC(COc1ccc(C(=O)O[C@H]2CCCN(C(=O)[C@H]3COC(=O)C3)C2)cc1)N(C(=O)c1ccon1)c1ccc(C2CC2)cc1. The lowest BCUT2D eigenvalue weighted by molar-refractivity contribution is -0.139. The Balaban J connectivity index is 1.04. The van der Waals surface area contributed by atoms with E-state index in [0.29, 0.717) is 43.2 Å². The van der Waals surface area contributed by atoms with Crippen molar-refractivity contribution < 1.29 is 37.9 Å². The van der Waals surface area contributed by atoms with Crippen molar-refractivity contribution in [3.05, 3.63) is 77.7 Å². The Morgan fingerprint density at radius 3 is 2.48 bits per heavy atom. The van der Waals surface area contributed by atoms with Crippen molar-refractivity contribution in [1.82, 2.24) is 10.1 Å². The minimum absolute atomic E-state index is 0.0936. The highest BCUT2D eigenvalue weighted by Crippen LogP contribution is 2.40. The van der Waals surface area contributed by atoms with Crippen molar-refractivity contribution in [2.45, 2.75) is 57.1 Å². The zero-order valence-corrected chi connectivity index (χ0v) is 24.6. The van der Waals surface area contributed by atoms with Crippen LogP contribution in [0.4, 0.5) is 5.69 Å². The summed E-state index contributed by atoms with van der Waals surface area (Å²) in [6.45, 7) is 3.06. The maximum Gasteiger partial charge on any atom is 0.338 e. The van der Waals surface area contributed by atoms with E-state index in [-0.39, 0.29) is 49.2 Å². The molecule has 2 aliphatic heterocycles. The molecular weight excluding hydrogens is 566 g/mol. The third kappa shape index (κ3) is 6.77. The third-order valence-corrected chi connectivity index (χ3v) is 8.29. The van der Waals surface area contributed by atoms with Gasteiger partial charge >= 0.3 is 11.9 Å². The number of amides is 2. The molecule has 1 unspecified atom stereocenters. The van der Waals surface area contributed by atoms with E-state index in [0.717, 1.165) is 5.69 Å². The molecule has 0 spiro atoms. The molecule has 2 aromatic carbocycles. The summed E-state index contributed by atoms with van der Waals surface area (Å²) >= 11 is 0. The van der Waals surface area contributed by atoms with Crippen LogP contribution in [0.5, 0.6) is 5.75 Å². The quantitative estimate of drug-likeness (QED) is 0.311. The van der Waals surface area contributed by atoms with Gasteiger partial charge in [0, 0.05) is 18.3 Å². The van der Waals surface area contributed by atoms with Gasteiger partial charge in [-0.1, -0.05) is 17.3 Å². The molecule has 0 radical (unpaired) electrons. The highest BCUT2D eigenvalue weighted by molar-refractivity contribution is 6.05. The van der Waals surface area contributed by atoms with E-state index in [2.05, 4.69) is 17.3 Å². The van der Waals surface area contributed by atoms with Crippen molar-refractivity contribution in [2.75, 3.05) is 31.2 Å². The van der Waals surface area contributed by atoms with Gasteiger partial charge in [0.25, 0.3) is 5.91 Å². The summed E-state index contributed by atoms with van der Waals surface area (Å²) in [4.78, 5) is 53.7. The lowest BCUT2D eigenvalue weighted by atomic mass is 10.0. The molecule has 3 aromatic rings. The van der Waals surface area contributed by atoms with Gasteiger partial charge in [-0.25, -0.2) is 4.79 Å². The second kappa shape index (κ2) is 12.9. The number of aromatic nitrogens is 1. The number of likely N-dealkylation sites (tertiary alicyclic amines) is 1. The average molecular weight is 602 g/mol. The van der Waals surface area contributed by atoms with E-state index >= 15 is 0 Å². The van der Waals surface area contributed by atoms with E-state index in [1.165, 1.54) is 30.7 Å². The van der Waals surface area contributed by atoms with Crippen LogP contribution in [0.15, 0.2) is 65.4 Å². The number of benzene rings is 2. The monoisotopic (exact) mass is 601 g/mol. The van der Waals surface area contributed by atoms with Crippen LogP contribution in [-0.2, 0) is 19.1 Å². The van der Waals surface area contributed by atoms with E-state index < -0.39 is 18.0 Å². The first kappa shape index (κ1) is 29.4. The molecule has 1 saturated carbocycles. The minimum Gasteiger partial charge on any atom is -0.491 e. The molecule has 1 aliphatic carbocycles. The Morgan fingerprint density at radius 2 is 1.82 bits per heavy atom. The highest BCUT2D eigenvalue weighted by Gasteiger charge is 2.36. The molecule has 1 aromatic heterocycles. The lowest BCUT2D eigenvalue weighted by Gasteiger charge is -2.33. The van der Waals surface area contributed by atoms with Gasteiger partial charge in [-0.2, -0.15) is 0 Å². The van der Waals surface area contributed by atoms with Gasteiger partial charge < -0.3 is 28.5 Å². The van der Waals surface area contributed by atoms with E-state index in [9.17, 15) is 19.2 Å². The Hall–Kier alpha value is -4.67. The molecule has 3 heterocycles. The number of anilines is 1. The maximum atomic E-state index is 13.4. The molecule has 11 heteroatoms. The number of hydrogen-bond donors (Lipinski definition) is 0. The number of carbonyl (C=O) groups excluding carboxylic acids is 4. The predicted molar refractivity (Wildman–Crippen MR) is 157 cm³/mol. The highest BCUT2D eigenvalue weighted by atomic mass is 16.5. The Kier molecular flexibility index (Phi) is 8.63. The van der Waals surface area contributed by atoms with Crippen molar-refractivity contribution in [3.8, 4) is 5.75 Å². The summed E-state index contributed by atoms with van der Waals surface area (Å²) < 4.78 is 21.6. The smallest absolute Gasteiger partial charge is 0.338 e. The number of hydrogen-bond acceptors (Lipinski definition) is 9. The van der Waals surface area contributed by atoms with Crippen LogP contribution >= 0.6 is 0 Å².